The third-order valence-electron chi connectivity index (χ3n) is 7.29. The number of nitrogens with one attached hydrogen (secondary N) is 2. The van der Waals surface area contributed by atoms with E-state index < -0.39 is 41.0 Å². The van der Waals surface area contributed by atoms with E-state index in [-0.39, 0.29) is 32.3 Å². The molecule has 5 nitrogen and oxygen atoms in total. The molecule has 4 atom stereocenters. The summed E-state index contributed by atoms with van der Waals surface area (Å²) in [6.07, 6.45) is 0.360. The summed E-state index contributed by atoms with van der Waals surface area (Å²) in [7, 11) is 1.44. The molecular weight excluding hydrogens is 554 g/mol. The van der Waals surface area contributed by atoms with Gasteiger partial charge in [-0.15, -0.1) is 0 Å². The molecule has 0 aliphatic carbocycles. The monoisotopic (exact) mass is 581 g/mol. The van der Waals surface area contributed by atoms with Gasteiger partial charge in [0, 0.05) is 33.8 Å². The predicted octanol–water partition coefficient (Wildman–Crippen LogP) is 6.01. The summed E-state index contributed by atoms with van der Waals surface area (Å²) in [5.41, 5.74) is -1.29. The minimum atomic E-state index is -1.71. The Morgan fingerprint density at radius 1 is 1.10 bits per heavy atom. The lowest BCUT2D eigenvalue weighted by Crippen LogP contribution is -2.45. The second-order valence-corrected chi connectivity index (χ2v) is 12.2. The smallest absolute Gasteiger partial charge is 0.242 e. The first-order valence-corrected chi connectivity index (χ1v) is 13.5. The van der Waals surface area contributed by atoms with E-state index in [0.29, 0.717) is 17.7 Å². The number of nitrogens with zero attached hydrogens (tertiary/aromatic N) is 1. The molecule has 0 spiro atoms. The SMILES string of the molecule is BC(=O)c1ccc(NC(=O)[C@@H]2N[C@@H](CC(C)(C)C)[C@](C#N)(c3ccc(Cl)cc3F)[C@H]2c2cccc(Cl)c2F)cc1. The quantitative estimate of drug-likeness (QED) is 0.350. The standard InChI is InChI=1S/C30H28BCl2F2N3O2/c1-29(2,3)14-23-30(15-36,20-12-9-17(32)13-22(20)34)24(19-5-4-6-21(33)25(19)35)26(38-23)28(40)37-18-10-7-16(8-11-18)27(31)39/h4-13,23-24,26,38H,14,31H2,1-3H3,(H,37,40)/t23-,24-,26+,30-/m0/s1. The third kappa shape index (κ3) is 5.65. The number of hydrogen-bond acceptors (Lipinski definition) is 4. The summed E-state index contributed by atoms with van der Waals surface area (Å²) in [5, 5.41) is 16.9. The Hall–Kier alpha value is -3.25. The Morgan fingerprint density at radius 2 is 1.77 bits per heavy atom. The molecule has 1 heterocycles. The van der Waals surface area contributed by atoms with Crippen molar-refractivity contribution < 1.29 is 18.4 Å². The molecule has 206 valence electrons. The van der Waals surface area contributed by atoms with Crippen molar-refractivity contribution in [2.75, 3.05) is 5.32 Å². The first-order valence-electron chi connectivity index (χ1n) is 12.8. The van der Waals surface area contributed by atoms with Gasteiger partial charge in [0.1, 0.15) is 22.7 Å². The van der Waals surface area contributed by atoms with Crippen molar-refractivity contribution in [2.24, 2.45) is 5.41 Å². The highest BCUT2D eigenvalue weighted by Crippen LogP contribution is 2.52. The van der Waals surface area contributed by atoms with Crippen LogP contribution >= 0.6 is 23.2 Å². The van der Waals surface area contributed by atoms with Crippen molar-refractivity contribution in [1.82, 2.24) is 5.32 Å². The zero-order valence-corrected chi connectivity index (χ0v) is 24.0. The van der Waals surface area contributed by atoms with Gasteiger partial charge in [-0.2, -0.15) is 5.26 Å². The number of carbonyl (C=O) groups excluding carboxylic acids is 2. The molecule has 3 aromatic rings. The molecule has 4 rings (SSSR count). The highest BCUT2D eigenvalue weighted by molar-refractivity contribution is 6.62. The average molecular weight is 582 g/mol. The predicted molar refractivity (Wildman–Crippen MR) is 156 cm³/mol. The molecular formula is C30H28BCl2F2N3O2. The van der Waals surface area contributed by atoms with E-state index >= 15 is 8.78 Å². The molecule has 0 radical (unpaired) electrons. The maximum atomic E-state index is 15.7. The second-order valence-electron chi connectivity index (χ2n) is 11.3. The van der Waals surface area contributed by atoms with Gasteiger partial charge < -0.3 is 15.4 Å². The summed E-state index contributed by atoms with van der Waals surface area (Å²) in [4.78, 5) is 25.6. The lowest BCUT2D eigenvalue weighted by Gasteiger charge is -2.37. The Kier molecular flexibility index (Phi) is 8.42. The fourth-order valence-electron chi connectivity index (χ4n) is 5.57. The lowest BCUT2D eigenvalue weighted by molar-refractivity contribution is -0.118. The van der Waals surface area contributed by atoms with Crippen LogP contribution in [-0.4, -0.2) is 31.5 Å². The van der Waals surface area contributed by atoms with Gasteiger partial charge in [0.25, 0.3) is 0 Å². The van der Waals surface area contributed by atoms with Crippen LogP contribution in [0.4, 0.5) is 14.5 Å². The maximum absolute atomic E-state index is 15.7. The van der Waals surface area contributed by atoms with Gasteiger partial charge in [-0.25, -0.2) is 8.78 Å². The molecule has 1 aliphatic heterocycles. The number of hydrogen-bond donors (Lipinski definition) is 2. The largest absolute Gasteiger partial charge is 0.325 e. The molecule has 1 amide bonds. The van der Waals surface area contributed by atoms with Gasteiger partial charge in [-0.1, -0.05) is 74.3 Å². The van der Waals surface area contributed by atoms with E-state index in [2.05, 4.69) is 16.7 Å². The number of benzene rings is 3. The molecule has 0 aromatic heterocycles. The van der Waals surface area contributed by atoms with Crippen molar-refractivity contribution in [3.05, 3.63) is 99.0 Å². The fourth-order valence-corrected chi connectivity index (χ4v) is 5.91. The molecule has 0 unspecified atom stereocenters. The number of amides is 1. The summed E-state index contributed by atoms with van der Waals surface area (Å²) < 4.78 is 31.4. The number of carbonyl (C=O) groups is 2. The van der Waals surface area contributed by atoms with Crippen LogP contribution in [0.2, 0.25) is 10.0 Å². The molecule has 1 fully saturated rings. The van der Waals surface area contributed by atoms with Crippen molar-refractivity contribution in [1.29, 1.82) is 5.26 Å². The van der Waals surface area contributed by atoms with E-state index in [1.165, 1.54) is 38.2 Å². The van der Waals surface area contributed by atoms with Gasteiger partial charge in [0.05, 0.1) is 17.1 Å². The first-order chi connectivity index (χ1) is 18.8. The van der Waals surface area contributed by atoms with E-state index in [0.717, 1.165) is 6.07 Å². The van der Waals surface area contributed by atoms with Crippen LogP contribution in [0, 0.1) is 28.4 Å². The highest BCUT2D eigenvalue weighted by atomic mass is 35.5. The van der Waals surface area contributed by atoms with Gasteiger partial charge >= 0.3 is 0 Å². The molecule has 1 aliphatic rings. The molecule has 40 heavy (non-hydrogen) atoms. The Bertz CT molecular complexity index is 1500. The van der Waals surface area contributed by atoms with Crippen molar-refractivity contribution in [3.63, 3.8) is 0 Å². The third-order valence-corrected chi connectivity index (χ3v) is 7.82. The Morgan fingerprint density at radius 3 is 2.35 bits per heavy atom. The zero-order valence-electron chi connectivity index (χ0n) is 22.5. The van der Waals surface area contributed by atoms with Crippen LogP contribution in [0.1, 0.15) is 54.6 Å². The average Bonchev–Trinajstić information content (AvgIpc) is 3.19. The van der Waals surface area contributed by atoms with Crippen molar-refractivity contribution in [2.45, 2.75) is 50.6 Å². The van der Waals surface area contributed by atoms with Gasteiger partial charge in [0.2, 0.25) is 5.91 Å². The Balaban J connectivity index is 1.92. The van der Waals surface area contributed by atoms with Crippen LogP contribution in [0.15, 0.2) is 60.7 Å². The molecule has 0 bridgehead atoms. The van der Waals surface area contributed by atoms with Gasteiger partial charge in [-0.3, -0.25) is 4.79 Å². The van der Waals surface area contributed by atoms with E-state index in [9.17, 15) is 14.9 Å². The van der Waals surface area contributed by atoms with Crippen molar-refractivity contribution in [3.8, 4) is 6.07 Å². The minimum Gasteiger partial charge on any atom is -0.325 e. The number of halogens is 4. The lowest BCUT2D eigenvalue weighted by atomic mass is 9.62. The van der Waals surface area contributed by atoms with E-state index in [4.69, 9.17) is 23.2 Å². The van der Waals surface area contributed by atoms with E-state index in [1.807, 2.05) is 20.8 Å². The highest BCUT2D eigenvalue weighted by Gasteiger charge is 2.61. The van der Waals surface area contributed by atoms with Crippen molar-refractivity contribution >= 4 is 48.3 Å². The molecule has 2 N–H and O–H groups in total. The van der Waals surface area contributed by atoms with Gasteiger partial charge in [-0.05, 0) is 47.7 Å². The number of rotatable bonds is 6. The topological polar surface area (TPSA) is 82.0 Å². The van der Waals surface area contributed by atoms with Crippen LogP contribution in [0.25, 0.3) is 0 Å². The zero-order chi connectivity index (χ0) is 29.4. The molecule has 10 heteroatoms. The molecule has 3 aromatic carbocycles. The summed E-state index contributed by atoms with van der Waals surface area (Å²) >= 11 is 12.2. The van der Waals surface area contributed by atoms with Crippen LogP contribution in [-0.2, 0) is 10.2 Å². The van der Waals surface area contributed by atoms with Crippen LogP contribution < -0.4 is 10.6 Å². The van der Waals surface area contributed by atoms with Gasteiger partial charge in [0.15, 0.2) is 7.85 Å². The maximum Gasteiger partial charge on any atom is 0.242 e. The summed E-state index contributed by atoms with van der Waals surface area (Å²) in [6, 6.07) is 15.1. The molecule has 1 saturated heterocycles. The summed E-state index contributed by atoms with van der Waals surface area (Å²) in [6.45, 7) is 5.90. The minimum absolute atomic E-state index is 0.00615. The number of anilines is 1. The van der Waals surface area contributed by atoms with Crippen LogP contribution in [0.3, 0.4) is 0 Å². The normalized spacial score (nSPS) is 22.5. The van der Waals surface area contributed by atoms with E-state index in [1.54, 1.807) is 24.3 Å². The number of nitriles is 1. The fraction of sp³-hybridized carbons (Fsp3) is 0.300. The molecule has 0 saturated carbocycles. The first kappa shape index (κ1) is 29.7. The second kappa shape index (κ2) is 11.3. The summed E-state index contributed by atoms with van der Waals surface area (Å²) in [5.74, 6) is -3.24. The Labute approximate surface area is 243 Å². The van der Waals surface area contributed by atoms with Crippen LogP contribution in [0.5, 0.6) is 0 Å².